The fourth-order valence-electron chi connectivity index (χ4n) is 4.52. The molecule has 0 heterocycles. The first-order valence-electron chi connectivity index (χ1n) is 10.3. The summed E-state index contributed by atoms with van der Waals surface area (Å²) in [5, 5.41) is 0. The number of unbranched alkanes of at least 4 members (excludes halogenated alkanes) is 2. The van der Waals surface area contributed by atoms with Crippen LogP contribution in [0.15, 0.2) is 0 Å². The maximum Gasteiger partial charge on any atom is 0.0203 e. The molecule has 2 rings (SSSR count). The molecular formula is C22H38. The normalized spacial score (nSPS) is 32.3. The van der Waals surface area contributed by atoms with Crippen LogP contribution >= 0.6 is 0 Å². The zero-order chi connectivity index (χ0) is 15.6. The Balaban J connectivity index is 1.62. The van der Waals surface area contributed by atoms with E-state index < -0.39 is 0 Å². The number of rotatable bonds is 6. The highest BCUT2D eigenvalue weighted by Crippen LogP contribution is 2.33. The molecule has 2 aliphatic carbocycles. The van der Waals surface area contributed by atoms with Crippen molar-refractivity contribution < 1.29 is 0 Å². The van der Waals surface area contributed by atoms with Crippen molar-refractivity contribution in [3.05, 3.63) is 0 Å². The van der Waals surface area contributed by atoms with E-state index in [0.717, 1.165) is 23.7 Å². The number of hydrogen-bond acceptors (Lipinski definition) is 0. The molecule has 0 amide bonds. The third-order valence-corrected chi connectivity index (χ3v) is 6.10. The smallest absolute Gasteiger partial charge is 0.0203 e. The van der Waals surface area contributed by atoms with Crippen molar-refractivity contribution in [3.8, 4) is 11.8 Å². The first-order valence-corrected chi connectivity index (χ1v) is 10.3. The largest absolute Gasteiger partial charge is 0.0996 e. The monoisotopic (exact) mass is 302 g/mol. The molecule has 0 N–H and O–H groups in total. The minimum Gasteiger partial charge on any atom is -0.0996 e. The Morgan fingerprint density at radius 2 is 1.09 bits per heavy atom. The standard InChI is InChI=1S/C22H38/c1-3-5-6-8-20-11-15-22(16-12-20)18-17-21-13-9-19(7-4-2)10-14-21/h19-22H,3-16H2,1-2H3/t19-,20-,21-,22-. The van der Waals surface area contributed by atoms with Gasteiger partial charge in [0, 0.05) is 11.8 Å². The molecule has 0 aromatic heterocycles. The molecule has 2 fully saturated rings. The van der Waals surface area contributed by atoms with Gasteiger partial charge in [-0.15, -0.1) is 0 Å². The summed E-state index contributed by atoms with van der Waals surface area (Å²) in [4.78, 5) is 0. The summed E-state index contributed by atoms with van der Waals surface area (Å²) in [5.41, 5.74) is 0. The van der Waals surface area contributed by atoms with E-state index in [4.69, 9.17) is 0 Å². The van der Waals surface area contributed by atoms with E-state index in [2.05, 4.69) is 25.7 Å². The Morgan fingerprint density at radius 1 is 0.591 bits per heavy atom. The van der Waals surface area contributed by atoms with E-state index in [-0.39, 0.29) is 0 Å². The summed E-state index contributed by atoms with van der Waals surface area (Å²) in [6, 6.07) is 0. The molecule has 0 heteroatoms. The maximum atomic E-state index is 3.68. The highest BCUT2D eigenvalue weighted by molar-refractivity contribution is 5.09. The summed E-state index contributed by atoms with van der Waals surface area (Å²) < 4.78 is 0. The summed E-state index contributed by atoms with van der Waals surface area (Å²) in [6.45, 7) is 4.63. The first kappa shape index (κ1) is 17.9. The Labute approximate surface area is 139 Å². The van der Waals surface area contributed by atoms with Gasteiger partial charge in [-0.3, -0.25) is 0 Å². The zero-order valence-corrected chi connectivity index (χ0v) is 15.2. The topological polar surface area (TPSA) is 0 Å². The second-order valence-corrected chi connectivity index (χ2v) is 8.01. The molecule has 0 aromatic carbocycles. The lowest BCUT2D eigenvalue weighted by Crippen LogP contribution is -2.15. The van der Waals surface area contributed by atoms with Gasteiger partial charge in [0.25, 0.3) is 0 Å². The highest BCUT2D eigenvalue weighted by atomic mass is 14.3. The van der Waals surface area contributed by atoms with Crippen LogP contribution in [0.3, 0.4) is 0 Å². The predicted octanol–water partition coefficient (Wildman–Crippen LogP) is 6.98. The molecule has 0 radical (unpaired) electrons. The van der Waals surface area contributed by atoms with E-state index in [0.29, 0.717) is 0 Å². The third kappa shape index (κ3) is 6.36. The fourth-order valence-corrected chi connectivity index (χ4v) is 4.52. The van der Waals surface area contributed by atoms with Gasteiger partial charge in [-0.2, -0.15) is 0 Å². The van der Waals surface area contributed by atoms with Gasteiger partial charge in [0.2, 0.25) is 0 Å². The first-order chi connectivity index (χ1) is 10.8. The second kappa shape index (κ2) is 10.4. The van der Waals surface area contributed by atoms with Crippen LogP contribution in [0.4, 0.5) is 0 Å². The molecule has 126 valence electrons. The van der Waals surface area contributed by atoms with Gasteiger partial charge in [0.15, 0.2) is 0 Å². The van der Waals surface area contributed by atoms with Crippen molar-refractivity contribution in [1.82, 2.24) is 0 Å². The number of hydrogen-bond donors (Lipinski definition) is 0. The van der Waals surface area contributed by atoms with Crippen LogP contribution in [-0.4, -0.2) is 0 Å². The van der Waals surface area contributed by atoms with E-state index in [1.54, 1.807) is 0 Å². The van der Waals surface area contributed by atoms with Crippen LogP contribution in [-0.2, 0) is 0 Å². The summed E-state index contributed by atoms with van der Waals surface area (Å²) >= 11 is 0. The van der Waals surface area contributed by atoms with Gasteiger partial charge in [0.05, 0.1) is 0 Å². The molecule has 2 aliphatic rings. The minimum atomic E-state index is 0.732. The Kier molecular flexibility index (Phi) is 8.43. The molecule has 0 aliphatic heterocycles. The van der Waals surface area contributed by atoms with Crippen LogP contribution in [0.1, 0.15) is 104 Å². The third-order valence-electron chi connectivity index (χ3n) is 6.10. The molecule has 0 saturated heterocycles. The summed E-state index contributed by atoms with van der Waals surface area (Å²) in [6.07, 6.45) is 19.9. The molecular weight excluding hydrogens is 264 g/mol. The van der Waals surface area contributed by atoms with Crippen LogP contribution in [0.2, 0.25) is 0 Å². The van der Waals surface area contributed by atoms with Crippen molar-refractivity contribution in [2.24, 2.45) is 23.7 Å². The van der Waals surface area contributed by atoms with Crippen molar-refractivity contribution in [3.63, 3.8) is 0 Å². The lowest BCUT2D eigenvalue weighted by Gasteiger charge is -2.27. The molecule has 0 atom stereocenters. The van der Waals surface area contributed by atoms with Gasteiger partial charge >= 0.3 is 0 Å². The molecule has 0 bridgehead atoms. The minimum absolute atomic E-state index is 0.732. The van der Waals surface area contributed by atoms with E-state index >= 15 is 0 Å². The van der Waals surface area contributed by atoms with Gasteiger partial charge in [-0.25, -0.2) is 0 Å². The van der Waals surface area contributed by atoms with Crippen LogP contribution in [0.5, 0.6) is 0 Å². The van der Waals surface area contributed by atoms with Crippen molar-refractivity contribution in [2.75, 3.05) is 0 Å². The van der Waals surface area contributed by atoms with E-state index in [9.17, 15) is 0 Å². The molecule has 2 saturated carbocycles. The maximum absolute atomic E-state index is 3.68. The SMILES string of the molecule is CCCCC[C@H]1CC[C@H](C#C[C@H]2CC[C@H](CCC)CC2)CC1. The lowest BCUT2D eigenvalue weighted by molar-refractivity contribution is 0.291. The average molecular weight is 303 g/mol. The summed E-state index contributed by atoms with van der Waals surface area (Å²) in [5.74, 6) is 10.8. The average Bonchev–Trinajstić information content (AvgIpc) is 2.56. The molecule has 0 aromatic rings. The van der Waals surface area contributed by atoms with Gasteiger partial charge in [-0.1, -0.05) is 64.2 Å². The fraction of sp³-hybridized carbons (Fsp3) is 0.909. The predicted molar refractivity (Wildman–Crippen MR) is 97.7 cm³/mol. The van der Waals surface area contributed by atoms with Crippen molar-refractivity contribution in [2.45, 2.75) is 104 Å². The van der Waals surface area contributed by atoms with Crippen molar-refractivity contribution >= 4 is 0 Å². The van der Waals surface area contributed by atoms with Gasteiger partial charge in [-0.05, 0) is 63.2 Å². The molecule has 0 spiro atoms. The Morgan fingerprint density at radius 3 is 1.55 bits per heavy atom. The zero-order valence-electron chi connectivity index (χ0n) is 15.2. The molecule has 22 heavy (non-hydrogen) atoms. The van der Waals surface area contributed by atoms with Crippen molar-refractivity contribution in [1.29, 1.82) is 0 Å². The Hall–Kier alpha value is -0.440. The second-order valence-electron chi connectivity index (χ2n) is 8.01. The quantitative estimate of drug-likeness (QED) is 0.366. The molecule has 0 nitrogen and oxygen atoms in total. The molecule has 0 unspecified atom stereocenters. The van der Waals surface area contributed by atoms with E-state index in [1.165, 1.54) is 89.9 Å². The van der Waals surface area contributed by atoms with Crippen LogP contribution in [0.25, 0.3) is 0 Å². The highest BCUT2D eigenvalue weighted by Gasteiger charge is 2.21. The Bertz CT molecular complexity index is 329. The van der Waals surface area contributed by atoms with E-state index in [1.807, 2.05) is 0 Å². The van der Waals surface area contributed by atoms with Crippen LogP contribution < -0.4 is 0 Å². The van der Waals surface area contributed by atoms with Gasteiger partial charge in [0.1, 0.15) is 0 Å². The summed E-state index contributed by atoms with van der Waals surface area (Å²) in [7, 11) is 0. The van der Waals surface area contributed by atoms with Gasteiger partial charge < -0.3 is 0 Å². The van der Waals surface area contributed by atoms with Crippen LogP contribution in [0, 0.1) is 35.5 Å². The lowest BCUT2D eigenvalue weighted by atomic mass is 9.78.